The van der Waals surface area contributed by atoms with E-state index in [1.54, 1.807) is 17.8 Å². The Kier molecular flexibility index (Phi) is 8.52. The van der Waals surface area contributed by atoms with Gasteiger partial charge in [-0.1, -0.05) is 30.3 Å². The SMILES string of the molecule is CCOC(=O)C1(OCC=C=O)CC(=O)CCN1Cc1ccccc1.Cl. The van der Waals surface area contributed by atoms with E-state index in [0.29, 0.717) is 19.5 Å². The number of likely N-dealkylation sites (tertiary alicyclic amines) is 1. The van der Waals surface area contributed by atoms with Gasteiger partial charge in [-0.3, -0.25) is 9.69 Å². The maximum Gasteiger partial charge on any atom is 0.354 e. The number of rotatable bonds is 7. The number of Topliss-reactive ketones (excluding diaryl/α,β-unsaturated/α-hetero) is 1. The monoisotopic (exact) mass is 367 g/mol. The van der Waals surface area contributed by atoms with E-state index < -0.39 is 11.7 Å². The average Bonchev–Trinajstić information content (AvgIpc) is 2.58. The summed E-state index contributed by atoms with van der Waals surface area (Å²) in [7, 11) is 0. The molecule has 7 heteroatoms. The molecule has 6 nitrogen and oxygen atoms in total. The summed E-state index contributed by atoms with van der Waals surface area (Å²) in [6.45, 7) is 2.60. The Balaban J connectivity index is 0.00000312. The third-order valence-corrected chi connectivity index (χ3v) is 3.91. The van der Waals surface area contributed by atoms with E-state index >= 15 is 0 Å². The number of carbonyl (C=O) groups excluding carboxylic acids is 3. The number of hydrogen-bond donors (Lipinski definition) is 0. The van der Waals surface area contributed by atoms with Crippen molar-refractivity contribution in [2.45, 2.75) is 32.0 Å². The molecule has 1 aromatic carbocycles. The molecular weight excluding hydrogens is 346 g/mol. The van der Waals surface area contributed by atoms with Crippen molar-refractivity contribution in [2.24, 2.45) is 0 Å². The summed E-state index contributed by atoms with van der Waals surface area (Å²) >= 11 is 0. The Bertz CT molecular complexity index is 630. The lowest BCUT2D eigenvalue weighted by Crippen LogP contribution is -2.61. The van der Waals surface area contributed by atoms with E-state index in [0.717, 1.165) is 11.6 Å². The van der Waals surface area contributed by atoms with E-state index in [9.17, 15) is 14.4 Å². The van der Waals surface area contributed by atoms with Crippen molar-refractivity contribution in [1.82, 2.24) is 4.90 Å². The minimum Gasteiger partial charge on any atom is -0.463 e. The first-order valence-corrected chi connectivity index (χ1v) is 7.93. The second-order valence-electron chi connectivity index (χ2n) is 5.51. The molecule has 0 spiro atoms. The molecule has 1 saturated heterocycles. The minimum absolute atomic E-state index is 0. The molecule has 0 radical (unpaired) electrons. The van der Waals surface area contributed by atoms with Crippen molar-refractivity contribution in [3.63, 3.8) is 0 Å². The second-order valence-corrected chi connectivity index (χ2v) is 5.51. The third kappa shape index (κ3) is 5.25. The fraction of sp³-hybridized carbons (Fsp3) is 0.444. The van der Waals surface area contributed by atoms with Gasteiger partial charge in [0.05, 0.1) is 19.6 Å². The number of esters is 1. The van der Waals surface area contributed by atoms with Gasteiger partial charge in [0.1, 0.15) is 11.7 Å². The number of halogens is 1. The van der Waals surface area contributed by atoms with Gasteiger partial charge in [0.15, 0.2) is 0 Å². The number of hydrogen-bond acceptors (Lipinski definition) is 6. The molecule has 1 aromatic rings. The maximum atomic E-state index is 12.6. The van der Waals surface area contributed by atoms with Crippen molar-refractivity contribution in [2.75, 3.05) is 19.8 Å². The van der Waals surface area contributed by atoms with Crippen LogP contribution in [0.25, 0.3) is 0 Å². The molecule has 0 N–H and O–H groups in total. The van der Waals surface area contributed by atoms with Crippen LogP contribution in [0.2, 0.25) is 0 Å². The van der Waals surface area contributed by atoms with Crippen molar-refractivity contribution >= 4 is 30.1 Å². The van der Waals surface area contributed by atoms with E-state index in [4.69, 9.17) is 9.47 Å². The van der Waals surface area contributed by atoms with Crippen LogP contribution in [0.1, 0.15) is 25.3 Å². The Morgan fingerprint density at radius 2 is 2.08 bits per heavy atom. The lowest BCUT2D eigenvalue weighted by atomic mass is 9.95. The van der Waals surface area contributed by atoms with Crippen LogP contribution in [0.4, 0.5) is 0 Å². The van der Waals surface area contributed by atoms with Crippen LogP contribution in [0.5, 0.6) is 0 Å². The molecule has 1 atom stereocenters. The number of ketones is 1. The van der Waals surface area contributed by atoms with Gasteiger partial charge < -0.3 is 9.47 Å². The first-order chi connectivity index (χ1) is 11.6. The van der Waals surface area contributed by atoms with Gasteiger partial charge in [-0.25, -0.2) is 9.59 Å². The predicted octanol–water partition coefficient (Wildman–Crippen LogP) is 1.94. The molecule has 2 rings (SSSR count). The van der Waals surface area contributed by atoms with Gasteiger partial charge in [0, 0.05) is 25.6 Å². The number of benzene rings is 1. The van der Waals surface area contributed by atoms with E-state index in [1.807, 2.05) is 30.3 Å². The highest BCUT2D eigenvalue weighted by molar-refractivity contribution is 5.90. The van der Waals surface area contributed by atoms with Crippen molar-refractivity contribution in [3.8, 4) is 0 Å². The van der Waals surface area contributed by atoms with Crippen molar-refractivity contribution in [3.05, 3.63) is 42.0 Å². The van der Waals surface area contributed by atoms with Gasteiger partial charge in [-0.05, 0) is 12.5 Å². The Labute approximate surface area is 153 Å². The molecule has 0 amide bonds. The number of piperidine rings is 1. The molecular formula is C18H22ClNO5. The number of ether oxygens (including phenoxy) is 2. The molecule has 0 bridgehead atoms. The smallest absolute Gasteiger partial charge is 0.354 e. The van der Waals surface area contributed by atoms with Gasteiger partial charge in [0.25, 0.3) is 0 Å². The summed E-state index contributed by atoms with van der Waals surface area (Å²) < 4.78 is 10.9. The van der Waals surface area contributed by atoms with Crippen molar-refractivity contribution in [1.29, 1.82) is 0 Å². The summed E-state index contributed by atoms with van der Waals surface area (Å²) in [4.78, 5) is 36.9. The molecule has 0 saturated carbocycles. The standard InChI is InChI=1S/C18H21NO5.ClH/c1-2-23-17(22)18(24-12-6-11-20)13-16(21)9-10-19(18)14-15-7-4-3-5-8-15;/h3-8H,2,9-10,12-14H2,1H3;1H. The van der Waals surface area contributed by atoms with E-state index in [2.05, 4.69) is 0 Å². The number of carbonyl (C=O) groups is 2. The third-order valence-electron chi connectivity index (χ3n) is 3.91. The van der Waals surface area contributed by atoms with Gasteiger partial charge in [0.2, 0.25) is 5.72 Å². The summed E-state index contributed by atoms with van der Waals surface area (Å²) in [5, 5.41) is 0. The zero-order chi connectivity index (χ0) is 17.4. The zero-order valence-electron chi connectivity index (χ0n) is 14.1. The molecule has 1 fully saturated rings. The van der Waals surface area contributed by atoms with Gasteiger partial charge >= 0.3 is 5.97 Å². The summed E-state index contributed by atoms with van der Waals surface area (Å²) in [5.74, 6) is 0.945. The maximum absolute atomic E-state index is 12.6. The highest BCUT2D eigenvalue weighted by atomic mass is 35.5. The lowest BCUT2D eigenvalue weighted by molar-refractivity contribution is -0.210. The molecule has 1 unspecified atom stereocenters. The normalized spacial score (nSPS) is 20.3. The van der Waals surface area contributed by atoms with Crippen LogP contribution >= 0.6 is 12.4 Å². The van der Waals surface area contributed by atoms with E-state index in [-0.39, 0.29) is 37.8 Å². The molecule has 0 aliphatic carbocycles. The fourth-order valence-corrected chi connectivity index (χ4v) is 2.78. The summed E-state index contributed by atoms with van der Waals surface area (Å²) in [6.07, 6.45) is 1.40. The number of nitrogens with zero attached hydrogens (tertiary/aromatic N) is 1. The van der Waals surface area contributed by atoms with Crippen LogP contribution in [0.3, 0.4) is 0 Å². The topological polar surface area (TPSA) is 72.9 Å². The van der Waals surface area contributed by atoms with Gasteiger partial charge in [-0.15, -0.1) is 12.4 Å². The quantitative estimate of drug-likeness (QED) is 0.541. The Hall–Kier alpha value is -1.98. The Morgan fingerprint density at radius 1 is 1.36 bits per heavy atom. The predicted molar refractivity (Wildman–Crippen MR) is 93.9 cm³/mol. The first kappa shape index (κ1) is 21.1. The Morgan fingerprint density at radius 3 is 2.72 bits per heavy atom. The molecule has 1 heterocycles. The molecule has 25 heavy (non-hydrogen) atoms. The molecule has 1 aliphatic rings. The molecule has 136 valence electrons. The largest absolute Gasteiger partial charge is 0.463 e. The molecule has 1 aliphatic heterocycles. The van der Waals surface area contributed by atoms with Crippen LogP contribution < -0.4 is 0 Å². The minimum atomic E-state index is -1.51. The summed E-state index contributed by atoms with van der Waals surface area (Å²) in [5.41, 5.74) is -0.510. The van der Waals surface area contributed by atoms with Crippen LogP contribution in [0, 0.1) is 0 Å². The fourth-order valence-electron chi connectivity index (χ4n) is 2.78. The lowest BCUT2D eigenvalue weighted by Gasteiger charge is -2.43. The molecule has 0 aromatic heterocycles. The van der Waals surface area contributed by atoms with E-state index in [1.165, 1.54) is 0 Å². The zero-order valence-corrected chi connectivity index (χ0v) is 14.9. The summed E-state index contributed by atoms with van der Waals surface area (Å²) in [6, 6.07) is 9.61. The van der Waals surface area contributed by atoms with Crippen LogP contribution in [-0.2, 0) is 30.4 Å². The highest BCUT2D eigenvalue weighted by Gasteiger charge is 2.50. The van der Waals surface area contributed by atoms with Gasteiger partial charge in [-0.2, -0.15) is 0 Å². The first-order valence-electron chi connectivity index (χ1n) is 7.93. The second kappa shape index (κ2) is 10.1. The van der Waals surface area contributed by atoms with Crippen LogP contribution in [0.15, 0.2) is 36.4 Å². The van der Waals surface area contributed by atoms with Crippen LogP contribution in [-0.4, -0.2) is 48.1 Å². The van der Waals surface area contributed by atoms with Crippen molar-refractivity contribution < 1.29 is 23.9 Å². The highest BCUT2D eigenvalue weighted by Crippen LogP contribution is 2.31. The average molecular weight is 368 g/mol.